The Balaban J connectivity index is 1.50. The van der Waals surface area contributed by atoms with Crippen LogP contribution in [0.25, 0.3) is 22.5 Å². The van der Waals surface area contributed by atoms with E-state index < -0.39 is 5.82 Å². The van der Waals surface area contributed by atoms with Crippen LogP contribution >= 0.6 is 0 Å². The third-order valence-corrected chi connectivity index (χ3v) is 5.66. The van der Waals surface area contributed by atoms with Gasteiger partial charge in [-0.3, -0.25) is 9.69 Å². The van der Waals surface area contributed by atoms with E-state index in [4.69, 9.17) is 0 Å². The van der Waals surface area contributed by atoms with Gasteiger partial charge in [0.25, 0.3) is 0 Å². The highest BCUT2D eigenvalue weighted by atomic mass is 19.1. The van der Waals surface area contributed by atoms with Crippen LogP contribution in [0.1, 0.15) is 29.1 Å². The molecule has 1 aliphatic heterocycles. The minimum atomic E-state index is -0.396. The van der Waals surface area contributed by atoms with Crippen LogP contribution in [0, 0.1) is 19.7 Å². The molecular weight excluding hydrogens is 409 g/mol. The fourth-order valence-electron chi connectivity index (χ4n) is 4.10. The largest absolute Gasteiger partial charge is 0.292 e. The summed E-state index contributed by atoms with van der Waals surface area (Å²) in [4.78, 5) is 23.1. The standard InChI is InChI=1S/C23H20FN7O/c1-13-17-9-10-21(32)31(23(17)26-14(2)25-13)12-16-8-7-15(11-20(16)24)18-5-3-4-6-19(18)22-27-29-30-28-22/h3-8,11H,9-10,12H2,1-2H3,(H,27,28,29,30). The summed E-state index contributed by atoms with van der Waals surface area (Å²) in [6.45, 7) is 3.82. The molecule has 0 unspecified atom stereocenters. The molecule has 9 heteroatoms. The lowest BCUT2D eigenvalue weighted by Crippen LogP contribution is -2.36. The minimum absolute atomic E-state index is 0.0686. The van der Waals surface area contributed by atoms with Gasteiger partial charge in [-0.1, -0.05) is 36.4 Å². The molecule has 2 aromatic heterocycles. The smallest absolute Gasteiger partial charge is 0.228 e. The second-order valence-electron chi connectivity index (χ2n) is 7.73. The van der Waals surface area contributed by atoms with E-state index >= 15 is 4.39 Å². The van der Waals surface area contributed by atoms with E-state index in [2.05, 4.69) is 30.6 Å². The lowest BCUT2D eigenvalue weighted by atomic mass is 9.97. The number of hydrogen-bond donors (Lipinski definition) is 1. The molecule has 0 spiro atoms. The number of aryl methyl sites for hydroxylation is 2. The van der Waals surface area contributed by atoms with Crippen LogP contribution in [0.3, 0.4) is 0 Å². The van der Waals surface area contributed by atoms with E-state index in [1.807, 2.05) is 37.3 Å². The van der Waals surface area contributed by atoms with Crippen molar-refractivity contribution < 1.29 is 9.18 Å². The van der Waals surface area contributed by atoms with E-state index in [0.29, 0.717) is 41.4 Å². The first-order valence-electron chi connectivity index (χ1n) is 10.3. The number of nitrogens with zero attached hydrogens (tertiary/aromatic N) is 6. The number of benzene rings is 2. The van der Waals surface area contributed by atoms with Crippen LogP contribution < -0.4 is 4.90 Å². The van der Waals surface area contributed by atoms with Crippen LogP contribution in [0.5, 0.6) is 0 Å². The van der Waals surface area contributed by atoms with E-state index in [1.165, 1.54) is 6.07 Å². The maximum Gasteiger partial charge on any atom is 0.228 e. The van der Waals surface area contributed by atoms with Gasteiger partial charge in [-0.05, 0) is 42.7 Å². The number of amides is 1. The number of hydrogen-bond acceptors (Lipinski definition) is 6. The van der Waals surface area contributed by atoms with Crippen LogP contribution in [0.4, 0.5) is 10.2 Å². The summed E-state index contributed by atoms with van der Waals surface area (Å²) in [7, 11) is 0. The highest BCUT2D eigenvalue weighted by Crippen LogP contribution is 2.33. The molecule has 1 N–H and O–H groups in total. The predicted octanol–water partition coefficient (Wildman–Crippen LogP) is 3.56. The molecule has 0 saturated heterocycles. The van der Waals surface area contributed by atoms with Gasteiger partial charge in [-0.15, -0.1) is 10.2 Å². The second-order valence-corrected chi connectivity index (χ2v) is 7.73. The predicted molar refractivity (Wildman–Crippen MR) is 116 cm³/mol. The summed E-state index contributed by atoms with van der Waals surface area (Å²) in [5.41, 5.74) is 4.45. The van der Waals surface area contributed by atoms with Gasteiger partial charge >= 0.3 is 0 Å². The summed E-state index contributed by atoms with van der Waals surface area (Å²) in [6.07, 6.45) is 0.961. The number of nitrogens with one attached hydrogen (secondary N) is 1. The molecule has 0 saturated carbocycles. The Bertz CT molecular complexity index is 1320. The lowest BCUT2D eigenvalue weighted by Gasteiger charge is -2.29. The first-order chi connectivity index (χ1) is 15.5. The Morgan fingerprint density at radius 2 is 1.88 bits per heavy atom. The normalized spacial score (nSPS) is 13.3. The molecule has 160 valence electrons. The third kappa shape index (κ3) is 3.51. The number of carbonyl (C=O) groups is 1. The third-order valence-electron chi connectivity index (χ3n) is 5.66. The second kappa shape index (κ2) is 7.92. The Morgan fingerprint density at radius 1 is 1.06 bits per heavy atom. The molecule has 0 radical (unpaired) electrons. The number of H-pyrrole nitrogens is 1. The number of rotatable bonds is 4. The van der Waals surface area contributed by atoms with E-state index in [9.17, 15) is 4.79 Å². The molecule has 0 aliphatic carbocycles. The molecule has 5 rings (SSSR count). The average molecular weight is 429 g/mol. The van der Waals surface area contributed by atoms with Gasteiger partial charge in [-0.25, -0.2) is 14.4 Å². The zero-order chi connectivity index (χ0) is 22.2. The Labute approximate surface area is 183 Å². The fraction of sp³-hybridized carbons (Fsp3) is 0.217. The first kappa shape index (κ1) is 19.9. The average Bonchev–Trinajstić information content (AvgIpc) is 3.31. The zero-order valence-corrected chi connectivity index (χ0v) is 17.6. The summed E-state index contributed by atoms with van der Waals surface area (Å²) in [5.74, 6) is 1.15. The van der Waals surface area contributed by atoms with Gasteiger partial charge in [0.15, 0.2) is 0 Å². The SMILES string of the molecule is Cc1nc(C)c2c(n1)N(Cc1ccc(-c3ccccc3-c3nn[nH]n3)cc1F)C(=O)CC2. The highest BCUT2D eigenvalue weighted by Gasteiger charge is 2.28. The summed E-state index contributed by atoms with van der Waals surface area (Å²) < 4.78 is 15.2. The van der Waals surface area contributed by atoms with Crippen molar-refractivity contribution in [3.05, 3.63) is 70.9 Å². The molecule has 8 nitrogen and oxygen atoms in total. The highest BCUT2D eigenvalue weighted by molar-refractivity contribution is 5.95. The topological polar surface area (TPSA) is 101 Å². The van der Waals surface area contributed by atoms with Crippen molar-refractivity contribution in [2.75, 3.05) is 4.90 Å². The number of fused-ring (bicyclic) bond motifs is 1. The number of tetrazole rings is 1. The van der Waals surface area contributed by atoms with Gasteiger partial charge in [-0.2, -0.15) is 5.21 Å². The summed E-state index contributed by atoms with van der Waals surface area (Å²) in [6, 6.07) is 12.5. The summed E-state index contributed by atoms with van der Waals surface area (Å²) >= 11 is 0. The van der Waals surface area contributed by atoms with Gasteiger partial charge in [0.2, 0.25) is 11.7 Å². The number of aromatic amines is 1. The van der Waals surface area contributed by atoms with Gasteiger partial charge in [0.05, 0.1) is 6.54 Å². The first-order valence-corrected chi connectivity index (χ1v) is 10.3. The lowest BCUT2D eigenvalue weighted by molar-refractivity contribution is -0.119. The van der Waals surface area contributed by atoms with Crippen molar-refractivity contribution in [2.24, 2.45) is 0 Å². The molecule has 3 heterocycles. The molecule has 1 aliphatic rings. The van der Waals surface area contributed by atoms with Gasteiger partial charge < -0.3 is 0 Å². The number of anilines is 1. The quantitative estimate of drug-likeness (QED) is 0.532. The van der Waals surface area contributed by atoms with Crippen molar-refractivity contribution >= 4 is 11.7 Å². The van der Waals surface area contributed by atoms with Crippen molar-refractivity contribution in [1.29, 1.82) is 0 Å². The molecular formula is C23H20FN7O. The van der Waals surface area contributed by atoms with E-state index in [0.717, 1.165) is 22.4 Å². The maximum atomic E-state index is 15.2. The van der Waals surface area contributed by atoms with Crippen molar-refractivity contribution in [3.63, 3.8) is 0 Å². The zero-order valence-electron chi connectivity index (χ0n) is 17.6. The van der Waals surface area contributed by atoms with Crippen LogP contribution in [0.15, 0.2) is 42.5 Å². The Morgan fingerprint density at radius 3 is 2.62 bits per heavy atom. The molecule has 0 atom stereocenters. The molecule has 4 aromatic rings. The van der Waals surface area contributed by atoms with Gasteiger partial charge in [0.1, 0.15) is 17.5 Å². The fourth-order valence-corrected chi connectivity index (χ4v) is 4.10. The van der Waals surface area contributed by atoms with Crippen LogP contribution in [-0.2, 0) is 17.8 Å². The van der Waals surface area contributed by atoms with Crippen molar-refractivity contribution in [2.45, 2.75) is 33.2 Å². The maximum absolute atomic E-state index is 15.2. The minimum Gasteiger partial charge on any atom is -0.292 e. The molecule has 1 amide bonds. The van der Waals surface area contributed by atoms with Crippen LogP contribution in [0.2, 0.25) is 0 Å². The summed E-state index contributed by atoms with van der Waals surface area (Å²) in [5, 5.41) is 14.1. The number of aromatic nitrogens is 6. The number of carbonyl (C=O) groups excluding carboxylic acids is 1. The molecule has 2 aromatic carbocycles. The number of halogens is 1. The Kier molecular flexibility index (Phi) is 4.93. The molecule has 0 fully saturated rings. The molecule has 0 bridgehead atoms. The Hall–Kier alpha value is -4.01. The molecule has 32 heavy (non-hydrogen) atoms. The van der Waals surface area contributed by atoms with Crippen LogP contribution in [-0.4, -0.2) is 36.5 Å². The van der Waals surface area contributed by atoms with Gasteiger partial charge in [0, 0.05) is 28.8 Å². The monoisotopic (exact) mass is 429 g/mol. The van der Waals surface area contributed by atoms with Crippen molar-refractivity contribution in [1.82, 2.24) is 30.6 Å². The van der Waals surface area contributed by atoms with E-state index in [1.54, 1.807) is 17.9 Å². The van der Waals surface area contributed by atoms with Crippen molar-refractivity contribution in [3.8, 4) is 22.5 Å². The van der Waals surface area contributed by atoms with E-state index in [-0.39, 0.29) is 12.5 Å².